The minimum atomic E-state index is -2.30. The van der Waals surface area contributed by atoms with E-state index in [1.807, 2.05) is 0 Å². The molecule has 0 aromatic heterocycles. The first-order valence-electron chi connectivity index (χ1n) is 27.9. The van der Waals surface area contributed by atoms with Gasteiger partial charge in [-0.1, -0.05) is 58.4 Å². The SMILES string of the molecule is C/C=C(/C)C(=O)OC1C(OC(=O)C(C)C(C)OC(=O)c2ccccc2)COC(CC(C(OC(C)=O)[C@](C)(CO)[C@@H](C)O)C(C)(C)[C@H](CCC)O[C@@H]2OC(C(=O)O)[C@@H](O)C(O[C@@H]3OC[C@@H](O)C(O)C3O)C2O[C@@H]2OC(CO)[C@H](O)C(O)C2O)C1O. The maximum atomic E-state index is 13.9. The summed E-state index contributed by atoms with van der Waals surface area (Å²) in [5, 5.41) is 132. The minimum absolute atomic E-state index is 0.0416. The van der Waals surface area contributed by atoms with Crippen LogP contribution in [0, 0.1) is 22.7 Å². The van der Waals surface area contributed by atoms with Crippen LogP contribution in [0.15, 0.2) is 42.0 Å². The maximum Gasteiger partial charge on any atom is 0.338 e. The van der Waals surface area contributed by atoms with Gasteiger partial charge in [0.2, 0.25) is 0 Å². The molecule has 25 atom stereocenters. The van der Waals surface area contributed by atoms with Crippen molar-refractivity contribution in [2.75, 3.05) is 26.4 Å². The lowest BCUT2D eigenvalue weighted by molar-refractivity contribution is -0.390. The van der Waals surface area contributed by atoms with Crippen LogP contribution in [0.3, 0.4) is 0 Å². The Morgan fingerprint density at radius 3 is 1.93 bits per heavy atom. The average molecular weight is 1210 g/mol. The molecule has 16 unspecified atom stereocenters. The number of carboxylic acids is 1. The third-order valence-corrected chi connectivity index (χ3v) is 16.6. The van der Waals surface area contributed by atoms with E-state index in [0.29, 0.717) is 0 Å². The first-order valence-corrected chi connectivity index (χ1v) is 27.9. The van der Waals surface area contributed by atoms with Crippen molar-refractivity contribution in [3.05, 3.63) is 47.5 Å². The molecular weight excluding hydrogens is 1120 g/mol. The summed E-state index contributed by atoms with van der Waals surface area (Å²) >= 11 is 0. The van der Waals surface area contributed by atoms with Crippen molar-refractivity contribution < 1.29 is 137 Å². The van der Waals surface area contributed by atoms with Gasteiger partial charge in [-0.15, -0.1) is 0 Å². The van der Waals surface area contributed by atoms with Gasteiger partial charge in [-0.2, -0.15) is 0 Å². The van der Waals surface area contributed by atoms with Crippen molar-refractivity contribution in [2.24, 2.45) is 22.7 Å². The fourth-order valence-corrected chi connectivity index (χ4v) is 10.5. The van der Waals surface area contributed by atoms with Gasteiger partial charge in [0, 0.05) is 18.4 Å². The third kappa shape index (κ3) is 16.2. The summed E-state index contributed by atoms with van der Waals surface area (Å²) in [4.78, 5) is 66.7. The van der Waals surface area contributed by atoms with Crippen molar-refractivity contribution in [3.8, 4) is 0 Å². The molecule has 12 N–H and O–H groups in total. The van der Waals surface area contributed by atoms with Crippen LogP contribution >= 0.6 is 0 Å². The average Bonchev–Trinajstić information content (AvgIpc) is 1.69. The molecule has 0 radical (unpaired) electrons. The van der Waals surface area contributed by atoms with Crippen LogP contribution in [0.5, 0.6) is 0 Å². The quantitative estimate of drug-likeness (QED) is 0.0275. The van der Waals surface area contributed by atoms with Gasteiger partial charge in [0.05, 0.1) is 61.6 Å². The third-order valence-electron chi connectivity index (χ3n) is 16.6. The Labute approximate surface area is 486 Å². The number of aliphatic hydroxyl groups is 11. The number of allylic oxidation sites excluding steroid dienone is 1. The van der Waals surface area contributed by atoms with Crippen LogP contribution in [0.1, 0.15) is 98.9 Å². The van der Waals surface area contributed by atoms with E-state index in [2.05, 4.69) is 0 Å². The number of carbonyl (C=O) groups excluding carboxylic acids is 4. The lowest BCUT2D eigenvalue weighted by Gasteiger charge is -2.53. The molecule has 1 aromatic carbocycles. The van der Waals surface area contributed by atoms with Gasteiger partial charge in [0.1, 0.15) is 79.4 Å². The highest BCUT2D eigenvalue weighted by Gasteiger charge is 2.59. The summed E-state index contributed by atoms with van der Waals surface area (Å²) in [5.41, 5.74) is -3.06. The van der Waals surface area contributed by atoms with Crippen LogP contribution in [0.4, 0.5) is 0 Å². The predicted octanol–water partition coefficient (Wildman–Crippen LogP) is -1.87. The monoisotopic (exact) mass is 1210 g/mol. The predicted molar refractivity (Wildman–Crippen MR) is 283 cm³/mol. The molecule has 0 amide bonds. The molecule has 84 heavy (non-hydrogen) atoms. The summed E-state index contributed by atoms with van der Waals surface area (Å²) in [6, 6.07) is 8.01. The number of ether oxygens (including phenoxy) is 11. The Hall–Kier alpha value is -4.41. The first-order chi connectivity index (χ1) is 39.4. The molecule has 4 aliphatic heterocycles. The number of carbonyl (C=O) groups is 5. The molecule has 0 aliphatic carbocycles. The summed E-state index contributed by atoms with van der Waals surface area (Å²) < 4.78 is 65.7. The molecule has 0 bridgehead atoms. The topological polar surface area (TPSA) is 430 Å². The van der Waals surface area contributed by atoms with Gasteiger partial charge in [0.25, 0.3) is 0 Å². The standard InChI is InChI=1S/C56H86O28/c1-11-16-35(80-54-46(84-53-41(67)39(65)37(63)33(20-57)79-53)44(42(68)45(83-54)48(69)70)82-52-40(66)36(62)31(61)21-75-52)55(8,9)30(47(77-28(7)60)56(10,23-58)27(6)59)19-32-38(64)43(81-49(71)24(3)12-2)34(22-74-32)78-50(72)25(4)26(5)76-51(73)29-17-14-13-15-18-29/h12-15,17-18,25-27,30-47,52-54,57-59,61-68H,11,16,19-23H2,1-10H3,(H,69,70)/b24-12-/t25?,26?,27-,30?,31-,32?,33?,34?,35+,36?,37+,38?,39?,40?,41?,42+,43?,44?,45?,46?,47?,52+,53+,54-,56-/m1/s1. The van der Waals surface area contributed by atoms with Crippen LogP contribution < -0.4 is 0 Å². The number of carboxylic acid groups (broad SMARTS) is 1. The zero-order chi connectivity index (χ0) is 62.9. The highest BCUT2D eigenvalue weighted by atomic mass is 16.8. The molecule has 28 nitrogen and oxygen atoms in total. The second-order valence-electron chi connectivity index (χ2n) is 22.8. The van der Waals surface area contributed by atoms with E-state index in [1.54, 1.807) is 45.9 Å². The number of aliphatic hydroxyl groups excluding tert-OH is 11. The Morgan fingerprint density at radius 2 is 1.36 bits per heavy atom. The molecule has 4 fully saturated rings. The number of benzene rings is 1. The largest absolute Gasteiger partial charge is 0.479 e. The molecule has 28 heteroatoms. The molecule has 0 saturated carbocycles. The Kier molecular flexibility index (Phi) is 25.5. The lowest BCUT2D eigenvalue weighted by atomic mass is 9.61. The number of esters is 4. The molecule has 4 heterocycles. The smallest absolute Gasteiger partial charge is 0.338 e. The van der Waals surface area contributed by atoms with E-state index in [4.69, 9.17) is 52.1 Å². The number of aliphatic carboxylic acids is 1. The van der Waals surface area contributed by atoms with Gasteiger partial charge >= 0.3 is 29.8 Å². The summed E-state index contributed by atoms with van der Waals surface area (Å²) in [6.07, 6.45) is -39.0. The van der Waals surface area contributed by atoms with E-state index in [1.165, 1.54) is 52.8 Å². The van der Waals surface area contributed by atoms with Crippen LogP contribution in [0.2, 0.25) is 0 Å². The minimum Gasteiger partial charge on any atom is -0.479 e. The Bertz CT molecular complexity index is 2340. The van der Waals surface area contributed by atoms with E-state index in [-0.39, 0.29) is 24.0 Å². The van der Waals surface area contributed by atoms with Crippen molar-refractivity contribution in [2.45, 2.75) is 223 Å². The van der Waals surface area contributed by atoms with Crippen LogP contribution in [0.25, 0.3) is 0 Å². The summed E-state index contributed by atoms with van der Waals surface area (Å²) in [6.45, 7) is 11.6. The fraction of sp³-hybridized carbons (Fsp3) is 0.768. The zero-order valence-corrected chi connectivity index (χ0v) is 48.7. The van der Waals surface area contributed by atoms with Crippen molar-refractivity contribution in [3.63, 3.8) is 0 Å². The van der Waals surface area contributed by atoms with Crippen molar-refractivity contribution >= 4 is 29.8 Å². The summed E-state index contributed by atoms with van der Waals surface area (Å²) in [7, 11) is 0. The van der Waals surface area contributed by atoms with E-state index < -0.39 is 220 Å². The highest BCUT2D eigenvalue weighted by molar-refractivity contribution is 5.89. The molecule has 478 valence electrons. The molecule has 5 rings (SSSR count). The second kappa shape index (κ2) is 30.5. The van der Waals surface area contributed by atoms with E-state index in [0.717, 1.165) is 6.92 Å². The van der Waals surface area contributed by atoms with E-state index >= 15 is 0 Å². The van der Waals surface area contributed by atoms with Gasteiger partial charge < -0.3 is 113 Å². The van der Waals surface area contributed by atoms with Crippen LogP contribution in [-0.4, -0.2) is 252 Å². The molecule has 4 aliphatic rings. The van der Waals surface area contributed by atoms with Gasteiger partial charge in [-0.3, -0.25) is 9.59 Å². The number of hydrogen-bond donors (Lipinski definition) is 12. The Balaban J connectivity index is 1.61. The number of rotatable bonds is 26. The van der Waals surface area contributed by atoms with Gasteiger partial charge in [-0.25, -0.2) is 14.4 Å². The molecule has 0 spiro atoms. The highest BCUT2D eigenvalue weighted by Crippen LogP contribution is 2.49. The lowest BCUT2D eigenvalue weighted by Crippen LogP contribution is -2.67. The summed E-state index contributed by atoms with van der Waals surface area (Å²) in [5.74, 6) is -7.73. The number of hydrogen-bond acceptors (Lipinski definition) is 27. The van der Waals surface area contributed by atoms with Crippen LogP contribution in [-0.2, 0) is 71.3 Å². The second-order valence-corrected chi connectivity index (χ2v) is 22.8. The maximum absolute atomic E-state index is 13.9. The molecule has 1 aromatic rings. The molecular formula is C56H86O28. The van der Waals surface area contributed by atoms with E-state index in [9.17, 15) is 85.3 Å². The van der Waals surface area contributed by atoms with Crippen molar-refractivity contribution in [1.82, 2.24) is 0 Å². The normalized spacial score (nSPS) is 35.2. The fourth-order valence-electron chi connectivity index (χ4n) is 10.5. The van der Waals surface area contributed by atoms with Gasteiger partial charge in [-0.05, 0) is 65.0 Å². The van der Waals surface area contributed by atoms with Gasteiger partial charge in [0.15, 0.2) is 37.2 Å². The Morgan fingerprint density at radius 1 is 0.726 bits per heavy atom. The van der Waals surface area contributed by atoms with Crippen molar-refractivity contribution in [1.29, 1.82) is 0 Å². The first kappa shape index (κ1) is 70.4. The molecule has 4 saturated heterocycles. The zero-order valence-electron chi connectivity index (χ0n) is 48.7.